The number of hydrogen-bond donors (Lipinski definition) is 2. The van der Waals surface area contributed by atoms with Crippen LogP contribution in [0.25, 0.3) is 5.65 Å². The number of ether oxygens (including phenoxy) is 2. The third-order valence-corrected chi connectivity index (χ3v) is 5.73. The number of carbonyl (C=O) groups excluding carboxylic acids is 1. The predicted molar refractivity (Wildman–Crippen MR) is 134 cm³/mol. The first kappa shape index (κ1) is 24.7. The van der Waals surface area contributed by atoms with Gasteiger partial charge in [-0.1, -0.05) is 60.1 Å². The first-order chi connectivity index (χ1) is 16.8. The number of amides is 1. The third kappa shape index (κ3) is 6.16. The van der Waals surface area contributed by atoms with Gasteiger partial charge >= 0.3 is 0 Å². The highest BCUT2D eigenvalue weighted by Gasteiger charge is 2.28. The van der Waals surface area contributed by atoms with Gasteiger partial charge in [-0.15, -0.1) is 10.2 Å². The van der Waals surface area contributed by atoms with E-state index in [1.54, 1.807) is 18.2 Å². The Balaban J connectivity index is 1.57. The van der Waals surface area contributed by atoms with Crippen LogP contribution < -0.4 is 15.8 Å². The molecule has 0 fully saturated rings. The molecule has 0 saturated heterocycles. The van der Waals surface area contributed by atoms with Gasteiger partial charge in [0.1, 0.15) is 12.6 Å². The molecule has 0 aliphatic rings. The Hall–Kier alpha value is -3.46. The van der Waals surface area contributed by atoms with E-state index in [1.165, 1.54) is 0 Å². The number of benzene rings is 2. The summed E-state index contributed by atoms with van der Waals surface area (Å²) in [5.41, 5.74) is 7.35. The fourth-order valence-corrected chi connectivity index (χ4v) is 3.61. The van der Waals surface area contributed by atoms with Crippen LogP contribution in [0.2, 0.25) is 5.02 Å². The second kappa shape index (κ2) is 10.9. The number of nitrogens with two attached hydrogens (primary N) is 1. The van der Waals surface area contributed by atoms with Crippen LogP contribution in [0.1, 0.15) is 36.8 Å². The van der Waals surface area contributed by atoms with E-state index in [0.29, 0.717) is 28.9 Å². The fourth-order valence-electron chi connectivity index (χ4n) is 3.42. The van der Waals surface area contributed by atoms with Gasteiger partial charge in [-0.3, -0.25) is 9.20 Å². The van der Waals surface area contributed by atoms with Crippen molar-refractivity contribution in [1.29, 1.82) is 0 Å². The molecular weight excluding hydrogens is 466 g/mol. The van der Waals surface area contributed by atoms with Gasteiger partial charge < -0.3 is 20.5 Å². The molecule has 1 atom stereocenters. The number of halogens is 1. The monoisotopic (exact) mass is 493 g/mol. The summed E-state index contributed by atoms with van der Waals surface area (Å²) in [6.07, 6.45) is 1.82. The largest absolute Gasteiger partial charge is 0.485 e. The second-order valence-corrected chi connectivity index (χ2v) is 9.16. The molecule has 2 heterocycles. The molecule has 0 aliphatic heterocycles. The fraction of sp³-hybridized carbons (Fsp3) is 0.269. The smallest absolute Gasteiger partial charge is 0.240 e. The van der Waals surface area contributed by atoms with E-state index in [0.717, 1.165) is 11.1 Å². The minimum Gasteiger partial charge on any atom is -0.485 e. The Kier molecular flexibility index (Phi) is 7.65. The van der Waals surface area contributed by atoms with Crippen LogP contribution >= 0.6 is 11.6 Å². The summed E-state index contributed by atoms with van der Waals surface area (Å²) < 4.78 is 13.7. The lowest BCUT2D eigenvalue weighted by Gasteiger charge is -2.23. The molecule has 0 spiro atoms. The molecule has 0 bridgehead atoms. The predicted octanol–water partition coefficient (Wildman–Crippen LogP) is 4.07. The molecule has 182 valence electrons. The number of nitrogens with zero attached hydrogens (tertiary/aromatic N) is 3. The Morgan fingerprint density at radius 1 is 1.06 bits per heavy atom. The molecule has 4 aromatic rings. The summed E-state index contributed by atoms with van der Waals surface area (Å²) in [7, 11) is 0. The molecule has 0 saturated carbocycles. The zero-order valence-electron chi connectivity index (χ0n) is 19.6. The van der Waals surface area contributed by atoms with Crippen LogP contribution in [0.15, 0.2) is 72.9 Å². The van der Waals surface area contributed by atoms with E-state index in [4.69, 9.17) is 26.8 Å². The maximum absolute atomic E-state index is 12.7. The molecular formula is C26H28ClN5O3. The van der Waals surface area contributed by atoms with Gasteiger partial charge in [-0.2, -0.15) is 0 Å². The Bertz CT molecular complexity index is 1290. The Morgan fingerprint density at radius 2 is 1.80 bits per heavy atom. The van der Waals surface area contributed by atoms with Crippen LogP contribution in [-0.2, 0) is 22.7 Å². The summed E-state index contributed by atoms with van der Waals surface area (Å²) in [6.45, 7) is 4.15. The van der Waals surface area contributed by atoms with Crippen molar-refractivity contribution >= 4 is 23.2 Å². The molecule has 1 amide bonds. The van der Waals surface area contributed by atoms with Crippen LogP contribution in [0.4, 0.5) is 0 Å². The van der Waals surface area contributed by atoms with Gasteiger partial charge in [-0.05, 0) is 37.6 Å². The number of aromatic nitrogens is 3. The summed E-state index contributed by atoms with van der Waals surface area (Å²) in [4.78, 5) is 12.7. The van der Waals surface area contributed by atoms with Crippen molar-refractivity contribution in [2.24, 2.45) is 5.73 Å². The minimum atomic E-state index is -1.07. The molecule has 4 rings (SSSR count). The third-order valence-electron chi connectivity index (χ3n) is 5.36. The highest BCUT2D eigenvalue weighted by Crippen LogP contribution is 2.24. The normalized spacial score (nSPS) is 12.5. The Morgan fingerprint density at radius 3 is 2.54 bits per heavy atom. The molecule has 35 heavy (non-hydrogen) atoms. The van der Waals surface area contributed by atoms with Gasteiger partial charge in [0.2, 0.25) is 11.6 Å². The maximum atomic E-state index is 12.7. The van der Waals surface area contributed by atoms with Crippen molar-refractivity contribution in [3.63, 3.8) is 0 Å². The van der Waals surface area contributed by atoms with Gasteiger partial charge in [0.25, 0.3) is 0 Å². The lowest BCUT2D eigenvalue weighted by atomic mass is 10.1. The van der Waals surface area contributed by atoms with Crippen molar-refractivity contribution < 1.29 is 14.3 Å². The van der Waals surface area contributed by atoms with Crippen LogP contribution in [-0.4, -0.2) is 32.7 Å². The van der Waals surface area contributed by atoms with E-state index in [2.05, 4.69) is 15.5 Å². The van der Waals surface area contributed by atoms with E-state index >= 15 is 0 Å². The first-order valence-electron chi connectivity index (χ1n) is 11.2. The molecule has 0 unspecified atom stereocenters. The van der Waals surface area contributed by atoms with E-state index < -0.39 is 11.6 Å². The summed E-state index contributed by atoms with van der Waals surface area (Å²) in [5, 5.41) is 12.3. The quantitative estimate of drug-likeness (QED) is 0.345. The van der Waals surface area contributed by atoms with Crippen LogP contribution in [0.5, 0.6) is 5.75 Å². The summed E-state index contributed by atoms with van der Waals surface area (Å²) in [6, 6.07) is 20.4. The first-order valence-corrected chi connectivity index (χ1v) is 11.6. The van der Waals surface area contributed by atoms with Gasteiger partial charge in [0.05, 0.1) is 18.8 Å². The van der Waals surface area contributed by atoms with Crippen molar-refractivity contribution in [2.75, 3.05) is 6.61 Å². The van der Waals surface area contributed by atoms with Crippen LogP contribution in [0.3, 0.4) is 0 Å². The highest BCUT2D eigenvalue weighted by atomic mass is 35.5. The number of rotatable bonds is 10. The van der Waals surface area contributed by atoms with Crippen molar-refractivity contribution in [1.82, 2.24) is 19.9 Å². The zero-order valence-corrected chi connectivity index (χ0v) is 20.4. The average molecular weight is 494 g/mol. The Labute approximate surface area is 209 Å². The maximum Gasteiger partial charge on any atom is 0.240 e. The van der Waals surface area contributed by atoms with E-state index in [9.17, 15) is 4.79 Å². The SMILES string of the molecule is CC(C)(N)C(=O)N[C@H](COCc1ccccc1)c1nnc2c(OCc3ccccc3Cl)cccn12. The standard InChI is InChI=1S/C26H28ClN5O3/c1-26(2,28)25(33)29-21(17-34-15-18-9-4-3-5-10-18)23-30-31-24-22(13-8-14-32(23)24)35-16-19-11-6-7-12-20(19)27/h3-14,21H,15-17,28H2,1-2H3,(H,29,33)/t21-/m1/s1. The van der Waals surface area contributed by atoms with Gasteiger partial charge in [0, 0.05) is 16.8 Å². The molecule has 3 N–H and O–H groups in total. The number of hydrogen-bond acceptors (Lipinski definition) is 6. The van der Waals surface area contributed by atoms with E-state index in [1.807, 2.05) is 72.9 Å². The molecule has 8 nitrogen and oxygen atoms in total. The number of pyridine rings is 1. The lowest BCUT2D eigenvalue weighted by Crippen LogP contribution is -2.50. The second-order valence-electron chi connectivity index (χ2n) is 8.75. The average Bonchev–Trinajstić information content (AvgIpc) is 3.28. The van der Waals surface area contributed by atoms with Gasteiger partial charge in [0.15, 0.2) is 11.6 Å². The number of nitrogens with one attached hydrogen (secondary N) is 1. The molecule has 9 heteroatoms. The number of carbonyl (C=O) groups is 1. The molecule has 2 aromatic carbocycles. The highest BCUT2D eigenvalue weighted by molar-refractivity contribution is 6.31. The molecule has 0 aliphatic carbocycles. The number of fused-ring (bicyclic) bond motifs is 1. The van der Waals surface area contributed by atoms with Crippen LogP contribution in [0, 0.1) is 0 Å². The van der Waals surface area contributed by atoms with Crippen molar-refractivity contribution in [3.8, 4) is 5.75 Å². The minimum absolute atomic E-state index is 0.183. The lowest BCUT2D eigenvalue weighted by molar-refractivity contribution is -0.126. The molecule has 0 radical (unpaired) electrons. The van der Waals surface area contributed by atoms with Gasteiger partial charge in [-0.25, -0.2) is 0 Å². The van der Waals surface area contributed by atoms with E-state index in [-0.39, 0.29) is 19.1 Å². The van der Waals surface area contributed by atoms with Crippen molar-refractivity contribution in [3.05, 3.63) is 94.9 Å². The molecule has 2 aromatic heterocycles. The summed E-state index contributed by atoms with van der Waals surface area (Å²) >= 11 is 6.25. The zero-order chi connectivity index (χ0) is 24.8. The topological polar surface area (TPSA) is 104 Å². The van der Waals surface area contributed by atoms with Crippen molar-refractivity contribution in [2.45, 2.75) is 38.6 Å². The summed E-state index contributed by atoms with van der Waals surface area (Å²) in [5.74, 6) is 0.725.